The highest BCUT2D eigenvalue weighted by Crippen LogP contribution is 2.45. The van der Waals surface area contributed by atoms with E-state index in [9.17, 15) is 4.79 Å². The Hall–Kier alpha value is -2.40. The second kappa shape index (κ2) is 7.21. The van der Waals surface area contributed by atoms with Crippen LogP contribution in [0.15, 0.2) is 42.7 Å². The van der Waals surface area contributed by atoms with E-state index in [1.54, 1.807) is 0 Å². The second-order valence-corrected chi connectivity index (χ2v) is 8.39. The maximum Gasteiger partial charge on any atom is 0.226 e. The third kappa shape index (κ3) is 3.18. The van der Waals surface area contributed by atoms with Gasteiger partial charge in [-0.1, -0.05) is 42.5 Å². The number of nitrogens with one attached hydrogen (secondary N) is 1. The zero-order valence-corrected chi connectivity index (χ0v) is 16.3. The van der Waals surface area contributed by atoms with E-state index < -0.39 is 0 Å². The van der Waals surface area contributed by atoms with Gasteiger partial charge in [-0.15, -0.1) is 0 Å². The molecule has 3 heterocycles. The lowest BCUT2D eigenvalue weighted by Gasteiger charge is -2.50. The second-order valence-electron chi connectivity index (χ2n) is 8.39. The van der Waals surface area contributed by atoms with Crippen molar-refractivity contribution in [2.45, 2.75) is 37.6 Å². The number of amides is 1. The number of carbonyl (C=O) groups is 1. The maximum atomic E-state index is 13.0. The number of likely N-dealkylation sites (tertiary alicyclic amines) is 1. The van der Waals surface area contributed by atoms with Gasteiger partial charge in [0, 0.05) is 44.2 Å². The Balaban J connectivity index is 1.30. The minimum absolute atomic E-state index is 0.201. The fourth-order valence-electron chi connectivity index (χ4n) is 4.86. The van der Waals surface area contributed by atoms with Gasteiger partial charge in [0.25, 0.3) is 0 Å². The lowest BCUT2D eigenvalue weighted by atomic mass is 9.78. The highest BCUT2D eigenvalue weighted by atomic mass is 16.2. The Morgan fingerprint density at radius 3 is 2.71 bits per heavy atom. The summed E-state index contributed by atoms with van der Waals surface area (Å²) in [5.74, 6) is 0.635. The summed E-state index contributed by atoms with van der Waals surface area (Å²) < 4.78 is 0. The molecule has 2 aliphatic heterocycles. The van der Waals surface area contributed by atoms with E-state index in [0.717, 1.165) is 64.0 Å². The molecule has 0 bridgehead atoms. The highest BCUT2D eigenvalue weighted by molar-refractivity contribution is 5.82. The molecule has 2 aromatic rings. The van der Waals surface area contributed by atoms with Gasteiger partial charge < -0.3 is 9.88 Å². The average Bonchev–Trinajstić information content (AvgIpc) is 3.47. The molecule has 5 nitrogen and oxygen atoms in total. The molecule has 28 heavy (non-hydrogen) atoms. The zero-order chi connectivity index (χ0) is 19.0. The van der Waals surface area contributed by atoms with Crippen LogP contribution in [0.25, 0.3) is 6.08 Å². The summed E-state index contributed by atoms with van der Waals surface area (Å²) in [6, 6.07) is 10.4. The SMILES string of the molecule is O=C(C1CC1)N1CCc2[nH]cnc2C12CCN(CC=Cc1ccccc1)CC2. The summed E-state index contributed by atoms with van der Waals surface area (Å²) in [7, 11) is 0. The van der Waals surface area contributed by atoms with E-state index in [2.05, 4.69) is 51.2 Å². The van der Waals surface area contributed by atoms with Crippen LogP contribution in [0, 0.1) is 5.92 Å². The fourth-order valence-corrected chi connectivity index (χ4v) is 4.86. The minimum Gasteiger partial charge on any atom is -0.348 e. The highest BCUT2D eigenvalue weighted by Gasteiger charge is 2.50. The van der Waals surface area contributed by atoms with Crippen molar-refractivity contribution >= 4 is 12.0 Å². The number of aromatic nitrogens is 2. The van der Waals surface area contributed by atoms with Gasteiger partial charge in [0.2, 0.25) is 5.91 Å². The number of fused-ring (bicyclic) bond motifs is 2. The molecule has 1 saturated heterocycles. The van der Waals surface area contributed by atoms with E-state index in [1.165, 1.54) is 11.3 Å². The zero-order valence-electron chi connectivity index (χ0n) is 16.3. The van der Waals surface area contributed by atoms with Gasteiger partial charge in [0.15, 0.2) is 0 Å². The number of rotatable bonds is 4. The molecule has 1 amide bonds. The van der Waals surface area contributed by atoms with E-state index in [0.29, 0.717) is 5.91 Å². The van der Waals surface area contributed by atoms with Crippen LogP contribution in [0.2, 0.25) is 0 Å². The molecule has 0 unspecified atom stereocenters. The largest absolute Gasteiger partial charge is 0.348 e. The summed E-state index contributed by atoms with van der Waals surface area (Å²) >= 11 is 0. The Bertz CT molecular complexity index is 860. The van der Waals surface area contributed by atoms with Crippen molar-refractivity contribution in [1.29, 1.82) is 0 Å². The number of carbonyl (C=O) groups excluding carboxylic acids is 1. The molecule has 146 valence electrons. The Morgan fingerprint density at radius 2 is 1.96 bits per heavy atom. The van der Waals surface area contributed by atoms with Crippen LogP contribution < -0.4 is 0 Å². The molecule has 1 aliphatic carbocycles. The van der Waals surface area contributed by atoms with Gasteiger partial charge >= 0.3 is 0 Å². The van der Waals surface area contributed by atoms with Crippen molar-refractivity contribution in [3.8, 4) is 0 Å². The van der Waals surface area contributed by atoms with Crippen molar-refractivity contribution in [2.24, 2.45) is 5.92 Å². The van der Waals surface area contributed by atoms with Crippen LogP contribution in [0.4, 0.5) is 0 Å². The molecule has 1 saturated carbocycles. The summed E-state index contributed by atoms with van der Waals surface area (Å²) in [6.45, 7) is 3.78. The standard InChI is InChI=1S/C23H28N4O/c28-22(19-8-9-19)27-14-10-20-21(25-17-24-20)23(27)11-15-26(16-12-23)13-4-7-18-5-2-1-3-6-18/h1-7,17,19H,8-16H2,(H,24,25). The molecule has 5 rings (SSSR count). The Labute approximate surface area is 166 Å². The Morgan fingerprint density at radius 1 is 1.18 bits per heavy atom. The van der Waals surface area contributed by atoms with Crippen LogP contribution in [-0.2, 0) is 16.8 Å². The summed E-state index contributed by atoms with van der Waals surface area (Å²) in [5.41, 5.74) is 3.41. The number of benzene rings is 1. The summed E-state index contributed by atoms with van der Waals surface area (Å²) in [4.78, 5) is 25.7. The molecule has 2 fully saturated rings. The third-order valence-electron chi connectivity index (χ3n) is 6.61. The number of imidazole rings is 1. The van der Waals surface area contributed by atoms with Gasteiger partial charge in [-0.05, 0) is 31.2 Å². The predicted molar refractivity (Wildman–Crippen MR) is 110 cm³/mol. The number of hydrogen-bond donors (Lipinski definition) is 1. The van der Waals surface area contributed by atoms with Gasteiger partial charge in [0.05, 0.1) is 17.6 Å². The number of aromatic amines is 1. The number of hydrogen-bond acceptors (Lipinski definition) is 3. The lowest BCUT2D eigenvalue weighted by Crippen LogP contribution is -2.58. The fraction of sp³-hybridized carbons (Fsp3) is 0.478. The smallest absolute Gasteiger partial charge is 0.226 e. The van der Waals surface area contributed by atoms with Crippen molar-refractivity contribution in [2.75, 3.05) is 26.2 Å². The normalized spacial score (nSPS) is 21.9. The van der Waals surface area contributed by atoms with Crippen molar-refractivity contribution < 1.29 is 4.79 Å². The van der Waals surface area contributed by atoms with E-state index in [4.69, 9.17) is 4.98 Å². The first-order chi connectivity index (χ1) is 13.8. The third-order valence-corrected chi connectivity index (χ3v) is 6.61. The van der Waals surface area contributed by atoms with Gasteiger partial charge in [-0.25, -0.2) is 4.98 Å². The molecule has 1 spiro atoms. The first-order valence-electron chi connectivity index (χ1n) is 10.5. The van der Waals surface area contributed by atoms with Crippen molar-refractivity contribution in [1.82, 2.24) is 19.8 Å². The predicted octanol–water partition coefficient (Wildman–Crippen LogP) is 3.21. The van der Waals surface area contributed by atoms with Crippen LogP contribution >= 0.6 is 0 Å². The monoisotopic (exact) mass is 376 g/mol. The van der Waals surface area contributed by atoms with E-state index >= 15 is 0 Å². The molecule has 5 heteroatoms. The van der Waals surface area contributed by atoms with Crippen LogP contribution in [0.3, 0.4) is 0 Å². The van der Waals surface area contributed by atoms with Crippen molar-refractivity contribution in [3.05, 3.63) is 59.7 Å². The van der Waals surface area contributed by atoms with E-state index in [-0.39, 0.29) is 11.5 Å². The summed E-state index contributed by atoms with van der Waals surface area (Å²) in [6.07, 6.45) is 11.2. The van der Waals surface area contributed by atoms with Crippen LogP contribution in [0.1, 0.15) is 42.6 Å². The van der Waals surface area contributed by atoms with Gasteiger partial charge in [-0.3, -0.25) is 9.69 Å². The number of nitrogens with zero attached hydrogens (tertiary/aromatic N) is 3. The molecule has 3 aliphatic rings. The number of piperidine rings is 1. The van der Waals surface area contributed by atoms with Crippen molar-refractivity contribution in [3.63, 3.8) is 0 Å². The first-order valence-corrected chi connectivity index (χ1v) is 10.5. The molecule has 1 N–H and O–H groups in total. The van der Waals surface area contributed by atoms with Crippen LogP contribution in [-0.4, -0.2) is 51.9 Å². The first kappa shape index (κ1) is 17.7. The molecule has 1 aromatic carbocycles. The minimum atomic E-state index is -0.201. The number of H-pyrrole nitrogens is 1. The topological polar surface area (TPSA) is 52.2 Å². The maximum absolute atomic E-state index is 13.0. The Kier molecular flexibility index (Phi) is 4.55. The molecular weight excluding hydrogens is 348 g/mol. The van der Waals surface area contributed by atoms with Gasteiger partial charge in [-0.2, -0.15) is 0 Å². The quantitative estimate of drug-likeness (QED) is 0.891. The lowest BCUT2D eigenvalue weighted by molar-refractivity contribution is -0.143. The van der Waals surface area contributed by atoms with E-state index in [1.807, 2.05) is 12.4 Å². The van der Waals surface area contributed by atoms with Crippen LogP contribution in [0.5, 0.6) is 0 Å². The average molecular weight is 377 g/mol. The molecular formula is C23H28N4O. The molecule has 0 atom stereocenters. The molecule has 0 radical (unpaired) electrons. The summed E-state index contributed by atoms with van der Waals surface area (Å²) in [5, 5.41) is 0. The molecule has 1 aromatic heterocycles. The van der Waals surface area contributed by atoms with Gasteiger partial charge in [0.1, 0.15) is 0 Å².